The molecule has 0 radical (unpaired) electrons. The Morgan fingerprint density at radius 2 is 1.76 bits per heavy atom. The lowest BCUT2D eigenvalue weighted by atomic mass is 10.3. The number of anilines is 3. The van der Waals surface area contributed by atoms with E-state index < -0.39 is 0 Å². The van der Waals surface area contributed by atoms with E-state index in [1.54, 1.807) is 0 Å². The van der Waals surface area contributed by atoms with Crippen molar-refractivity contribution in [1.29, 1.82) is 0 Å². The normalized spacial score (nSPS) is 15.3. The predicted octanol–water partition coefficient (Wildman–Crippen LogP) is 1.50. The Bertz CT molecular complexity index is 598. The minimum atomic E-state index is 0.525. The minimum absolute atomic E-state index is 0.525. The second-order valence-electron chi connectivity index (χ2n) is 4.80. The summed E-state index contributed by atoms with van der Waals surface area (Å²) in [6.07, 6.45) is 3.79. The lowest BCUT2D eigenvalue weighted by Gasteiger charge is -2.36. The van der Waals surface area contributed by atoms with E-state index in [0.29, 0.717) is 5.82 Å². The SMILES string of the molecule is CSc1nc(N)cc(N2CCN(c3ccccn3)CC2)n1. The first-order valence-electron chi connectivity index (χ1n) is 6.86. The van der Waals surface area contributed by atoms with E-state index in [0.717, 1.165) is 43.0 Å². The van der Waals surface area contributed by atoms with E-state index >= 15 is 0 Å². The lowest BCUT2D eigenvalue weighted by Crippen LogP contribution is -2.47. The smallest absolute Gasteiger partial charge is 0.191 e. The summed E-state index contributed by atoms with van der Waals surface area (Å²) in [5, 5.41) is 0.720. The number of hydrogen-bond acceptors (Lipinski definition) is 7. The molecule has 0 amide bonds. The highest BCUT2D eigenvalue weighted by molar-refractivity contribution is 7.98. The first kappa shape index (κ1) is 13.9. The third-order valence-corrected chi connectivity index (χ3v) is 4.02. The van der Waals surface area contributed by atoms with Crippen molar-refractivity contribution >= 4 is 29.2 Å². The van der Waals surface area contributed by atoms with Crippen LogP contribution in [0.2, 0.25) is 0 Å². The quantitative estimate of drug-likeness (QED) is 0.680. The Morgan fingerprint density at radius 3 is 2.38 bits per heavy atom. The van der Waals surface area contributed by atoms with Gasteiger partial charge in [-0.2, -0.15) is 0 Å². The van der Waals surface area contributed by atoms with Crippen molar-refractivity contribution in [2.24, 2.45) is 0 Å². The summed E-state index contributed by atoms with van der Waals surface area (Å²) in [7, 11) is 0. The third-order valence-electron chi connectivity index (χ3n) is 3.47. The molecular weight excluding hydrogens is 284 g/mol. The van der Waals surface area contributed by atoms with Crippen LogP contribution in [-0.4, -0.2) is 47.4 Å². The van der Waals surface area contributed by atoms with Crippen LogP contribution in [0.5, 0.6) is 0 Å². The van der Waals surface area contributed by atoms with Crippen molar-refractivity contribution in [3.63, 3.8) is 0 Å². The standard InChI is InChI=1S/C14H18N6S/c1-21-14-17-11(15)10-13(18-14)20-8-6-19(7-9-20)12-4-2-3-5-16-12/h2-5,10H,6-9H2,1H3,(H2,15,17,18). The molecule has 0 atom stereocenters. The van der Waals surface area contributed by atoms with Gasteiger partial charge in [0.2, 0.25) is 0 Å². The van der Waals surface area contributed by atoms with Crippen LogP contribution in [0.3, 0.4) is 0 Å². The van der Waals surface area contributed by atoms with E-state index in [1.165, 1.54) is 11.8 Å². The molecule has 0 spiro atoms. The summed E-state index contributed by atoms with van der Waals surface area (Å²) in [4.78, 5) is 17.7. The van der Waals surface area contributed by atoms with Gasteiger partial charge in [0.05, 0.1) is 0 Å². The number of nitrogen functional groups attached to an aromatic ring is 1. The molecule has 3 heterocycles. The molecule has 0 unspecified atom stereocenters. The first-order chi connectivity index (χ1) is 10.3. The zero-order valence-corrected chi connectivity index (χ0v) is 12.8. The van der Waals surface area contributed by atoms with Gasteiger partial charge in [0.15, 0.2) is 5.16 Å². The number of rotatable bonds is 3. The number of piperazine rings is 1. The fourth-order valence-corrected chi connectivity index (χ4v) is 2.77. The second-order valence-corrected chi connectivity index (χ2v) is 5.57. The van der Waals surface area contributed by atoms with Crippen LogP contribution in [0.4, 0.5) is 17.5 Å². The molecule has 0 bridgehead atoms. The van der Waals surface area contributed by atoms with Crippen molar-refractivity contribution in [1.82, 2.24) is 15.0 Å². The highest BCUT2D eigenvalue weighted by Gasteiger charge is 2.19. The summed E-state index contributed by atoms with van der Waals surface area (Å²) in [5.41, 5.74) is 5.85. The first-order valence-corrected chi connectivity index (χ1v) is 8.08. The van der Waals surface area contributed by atoms with Crippen LogP contribution in [0.15, 0.2) is 35.6 Å². The monoisotopic (exact) mass is 302 g/mol. The zero-order chi connectivity index (χ0) is 14.7. The van der Waals surface area contributed by atoms with Gasteiger partial charge in [0.1, 0.15) is 17.5 Å². The van der Waals surface area contributed by atoms with Gasteiger partial charge in [-0.3, -0.25) is 0 Å². The average Bonchev–Trinajstić information content (AvgIpc) is 2.55. The van der Waals surface area contributed by atoms with Crippen molar-refractivity contribution < 1.29 is 0 Å². The molecule has 2 aromatic heterocycles. The molecule has 0 saturated carbocycles. The Kier molecular flexibility index (Phi) is 4.10. The van der Waals surface area contributed by atoms with Crippen molar-refractivity contribution in [2.45, 2.75) is 5.16 Å². The molecule has 1 fully saturated rings. The van der Waals surface area contributed by atoms with Gasteiger partial charge in [-0.25, -0.2) is 15.0 Å². The molecule has 110 valence electrons. The number of thioether (sulfide) groups is 1. The Labute approximate surface area is 128 Å². The van der Waals surface area contributed by atoms with Gasteiger partial charge >= 0.3 is 0 Å². The van der Waals surface area contributed by atoms with Crippen LogP contribution in [0.25, 0.3) is 0 Å². The molecule has 1 saturated heterocycles. The van der Waals surface area contributed by atoms with Crippen LogP contribution >= 0.6 is 11.8 Å². The van der Waals surface area contributed by atoms with Gasteiger partial charge in [0.25, 0.3) is 0 Å². The molecule has 6 nitrogen and oxygen atoms in total. The highest BCUT2D eigenvalue weighted by Crippen LogP contribution is 2.21. The van der Waals surface area contributed by atoms with Gasteiger partial charge in [-0.05, 0) is 18.4 Å². The molecular formula is C14H18N6S. The number of nitrogens with zero attached hydrogens (tertiary/aromatic N) is 5. The van der Waals surface area contributed by atoms with Gasteiger partial charge in [-0.15, -0.1) is 0 Å². The van der Waals surface area contributed by atoms with E-state index in [9.17, 15) is 0 Å². The Morgan fingerprint density at radius 1 is 1.05 bits per heavy atom. The maximum Gasteiger partial charge on any atom is 0.191 e. The summed E-state index contributed by atoms with van der Waals surface area (Å²) < 4.78 is 0. The Hall–Kier alpha value is -2.02. The van der Waals surface area contributed by atoms with Gasteiger partial charge in [0, 0.05) is 38.4 Å². The van der Waals surface area contributed by atoms with Crippen LogP contribution in [0, 0.1) is 0 Å². The largest absolute Gasteiger partial charge is 0.383 e. The maximum absolute atomic E-state index is 5.85. The summed E-state index contributed by atoms with van der Waals surface area (Å²) >= 11 is 1.51. The van der Waals surface area contributed by atoms with Crippen molar-refractivity contribution in [2.75, 3.05) is 48.0 Å². The van der Waals surface area contributed by atoms with Crippen LogP contribution < -0.4 is 15.5 Å². The molecule has 2 N–H and O–H groups in total. The average molecular weight is 302 g/mol. The summed E-state index contributed by atoms with van der Waals surface area (Å²) in [6.45, 7) is 3.66. The molecule has 0 aromatic carbocycles. The lowest BCUT2D eigenvalue weighted by molar-refractivity contribution is 0.638. The summed E-state index contributed by atoms with van der Waals surface area (Å²) in [6, 6.07) is 7.85. The number of aromatic nitrogens is 3. The number of nitrogens with two attached hydrogens (primary N) is 1. The topological polar surface area (TPSA) is 71.2 Å². The molecule has 1 aliphatic heterocycles. The van der Waals surface area contributed by atoms with Gasteiger partial charge < -0.3 is 15.5 Å². The van der Waals surface area contributed by atoms with E-state index in [2.05, 4.69) is 24.8 Å². The second kappa shape index (κ2) is 6.17. The van der Waals surface area contributed by atoms with Crippen molar-refractivity contribution in [3.8, 4) is 0 Å². The molecule has 21 heavy (non-hydrogen) atoms. The summed E-state index contributed by atoms with van der Waals surface area (Å²) in [5.74, 6) is 2.47. The fraction of sp³-hybridized carbons (Fsp3) is 0.357. The van der Waals surface area contributed by atoms with E-state index in [4.69, 9.17) is 5.73 Å². The molecule has 1 aliphatic rings. The molecule has 3 rings (SSSR count). The third kappa shape index (κ3) is 3.18. The predicted molar refractivity (Wildman–Crippen MR) is 86.9 cm³/mol. The molecule has 0 aliphatic carbocycles. The maximum atomic E-state index is 5.85. The molecule has 7 heteroatoms. The number of pyridine rings is 1. The zero-order valence-electron chi connectivity index (χ0n) is 11.9. The highest BCUT2D eigenvalue weighted by atomic mass is 32.2. The van der Waals surface area contributed by atoms with Crippen LogP contribution in [-0.2, 0) is 0 Å². The van der Waals surface area contributed by atoms with E-state index in [-0.39, 0.29) is 0 Å². The number of hydrogen-bond donors (Lipinski definition) is 1. The molecule has 2 aromatic rings. The van der Waals surface area contributed by atoms with Crippen LogP contribution in [0.1, 0.15) is 0 Å². The van der Waals surface area contributed by atoms with Gasteiger partial charge in [-0.1, -0.05) is 17.8 Å². The Balaban J connectivity index is 1.70. The van der Waals surface area contributed by atoms with Crippen molar-refractivity contribution in [3.05, 3.63) is 30.5 Å². The minimum Gasteiger partial charge on any atom is -0.383 e. The van der Waals surface area contributed by atoms with E-state index in [1.807, 2.05) is 36.7 Å². The fourth-order valence-electron chi connectivity index (χ4n) is 2.39.